The van der Waals surface area contributed by atoms with Crippen molar-refractivity contribution in [3.05, 3.63) is 35.4 Å². The Morgan fingerprint density at radius 2 is 1.85 bits per heavy atom. The smallest absolute Gasteiger partial charge is 0.0716 e. The number of benzene rings is 1. The van der Waals surface area contributed by atoms with Gasteiger partial charge in [0.2, 0.25) is 0 Å². The summed E-state index contributed by atoms with van der Waals surface area (Å²) in [5, 5.41) is 0. The molecular formula is C10H15NO2. The highest BCUT2D eigenvalue weighted by atomic mass is 16.6. The Bertz CT molecular complexity index is 250. The van der Waals surface area contributed by atoms with Crippen molar-refractivity contribution in [2.45, 2.75) is 13.2 Å². The monoisotopic (exact) mass is 181 g/mol. The molecule has 0 heterocycles. The first-order valence-corrected chi connectivity index (χ1v) is 4.20. The molecule has 1 N–H and O–H groups in total. The lowest BCUT2D eigenvalue weighted by atomic mass is 10.1. The van der Waals surface area contributed by atoms with E-state index in [0.29, 0.717) is 13.2 Å². The Balaban J connectivity index is 2.66. The van der Waals surface area contributed by atoms with E-state index in [9.17, 15) is 0 Å². The average molecular weight is 181 g/mol. The molecule has 0 bridgehead atoms. The van der Waals surface area contributed by atoms with Gasteiger partial charge in [-0.1, -0.05) is 24.3 Å². The Morgan fingerprint density at radius 1 is 1.15 bits per heavy atom. The fourth-order valence-electron chi connectivity index (χ4n) is 1.18. The van der Waals surface area contributed by atoms with Crippen molar-refractivity contribution >= 4 is 0 Å². The molecular weight excluding hydrogens is 166 g/mol. The van der Waals surface area contributed by atoms with Gasteiger partial charge in [-0.3, -0.25) is 0 Å². The van der Waals surface area contributed by atoms with Crippen molar-refractivity contribution in [3.63, 3.8) is 0 Å². The molecule has 3 heteroatoms. The van der Waals surface area contributed by atoms with Crippen LogP contribution in [-0.4, -0.2) is 14.2 Å². The second-order valence-electron chi connectivity index (χ2n) is 2.73. The van der Waals surface area contributed by atoms with Crippen LogP contribution >= 0.6 is 0 Å². The van der Waals surface area contributed by atoms with E-state index in [1.807, 2.05) is 12.1 Å². The summed E-state index contributed by atoms with van der Waals surface area (Å²) in [5.74, 6) is 0. The highest BCUT2D eigenvalue weighted by Crippen LogP contribution is 2.09. The third kappa shape index (κ3) is 3.14. The molecule has 13 heavy (non-hydrogen) atoms. The van der Waals surface area contributed by atoms with E-state index >= 15 is 0 Å². The van der Waals surface area contributed by atoms with Crippen LogP contribution in [0.1, 0.15) is 11.1 Å². The summed E-state index contributed by atoms with van der Waals surface area (Å²) in [6, 6.07) is 8.12. The van der Waals surface area contributed by atoms with Gasteiger partial charge in [-0.25, -0.2) is 0 Å². The van der Waals surface area contributed by atoms with E-state index in [0.717, 1.165) is 0 Å². The van der Waals surface area contributed by atoms with Gasteiger partial charge in [0.1, 0.15) is 0 Å². The van der Waals surface area contributed by atoms with Gasteiger partial charge < -0.3 is 9.57 Å². The molecule has 0 saturated carbocycles. The number of ether oxygens (including phenoxy) is 1. The molecule has 1 rings (SSSR count). The molecule has 1 aromatic rings. The topological polar surface area (TPSA) is 30.5 Å². The molecule has 0 fully saturated rings. The molecule has 72 valence electrons. The normalized spacial score (nSPS) is 10.3. The summed E-state index contributed by atoms with van der Waals surface area (Å²) in [4.78, 5) is 4.79. The maximum atomic E-state index is 5.08. The van der Waals surface area contributed by atoms with Crippen LogP contribution in [0.25, 0.3) is 0 Å². The summed E-state index contributed by atoms with van der Waals surface area (Å²) in [7, 11) is 3.31. The summed E-state index contributed by atoms with van der Waals surface area (Å²) < 4.78 is 5.08. The van der Waals surface area contributed by atoms with Crippen molar-refractivity contribution in [2.24, 2.45) is 0 Å². The van der Waals surface area contributed by atoms with Gasteiger partial charge in [0.25, 0.3) is 0 Å². The van der Waals surface area contributed by atoms with Crippen LogP contribution < -0.4 is 5.48 Å². The third-order valence-corrected chi connectivity index (χ3v) is 1.83. The van der Waals surface area contributed by atoms with Gasteiger partial charge in [-0.2, -0.15) is 5.48 Å². The fraction of sp³-hybridized carbons (Fsp3) is 0.400. The minimum Gasteiger partial charge on any atom is -0.380 e. The zero-order chi connectivity index (χ0) is 9.52. The van der Waals surface area contributed by atoms with Gasteiger partial charge in [0.05, 0.1) is 13.7 Å². The lowest BCUT2D eigenvalue weighted by Crippen LogP contribution is -2.12. The minimum absolute atomic E-state index is 0.640. The molecule has 0 aromatic heterocycles. The van der Waals surface area contributed by atoms with Crippen LogP contribution in [0, 0.1) is 0 Å². The van der Waals surface area contributed by atoms with E-state index in [2.05, 4.69) is 17.6 Å². The van der Waals surface area contributed by atoms with E-state index in [-0.39, 0.29) is 0 Å². The SMILES string of the molecule is COCc1ccccc1CNOC. The van der Waals surface area contributed by atoms with Crippen molar-refractivity contribution in [1.82, 2.24) is 5.48 Å². The Hall–Kier alpha value is -0.900. The molecule has 0 atom stereocenters. The van der Waals surface area contributed by atoms with Gasteiger partial charge in [0.15, 0.2) is 0 Å². The lowest BCUT2D eigenvalue weighted by Gasteiger charge is -2.08. The van der Waals surface area contributed by atoms with Crippen LogP contribution in [0.2, 0.25) is 0 Å². The van der Waals surface area contributed by atoms with E-state index in [4.69, 9.17) is 9.57 Å². The maximum Gasteiger partial charge on any atom is 0.0716 e. The van der Waals surface area contributed by atoms with Crippen molar-refractivity contribution in [1.29, 1.82) is 0 Å². The predicted octanol–water partition coefficient (Wildman–Crippen LogP) is 1.48. The molecule has 1 aromatic carbocycles. The van der Waals surface area contributed by atoms with Crippen LogP contribution in [0.3, 0.4) is 0 Å². The number of methoxy groups -OCH3 is 1. The maximum absolute atomic E-state index is 5.08. The lowest BCUT2D eigenvalue weighted by molar-refractivity contribution is 0.0859. The number of hydroxylamine groups is 1. The highest BCUT2D eigenvalue weighted by molar-refractivity contribution is 5.26. The zero-order valence-electron chi connectivity index (χ0n) is 8.04. The quantitative estimate of drug-likeness (QED) is 0.698. The van der Waals surface area contributed by atoms with Crippen LogP contribution in [0.5, 0.6) is 0 Å². The Kier molecular flexibility index (Phi) is 4.46. The molecule has 0 radical (unpaired) electrons. The molecule has 0 amide bonds. The number of hydrogen-bond donors (Lipinski definition) is 1. The molecule has 0 aliphatic heterocycles. The highest BCUT2D eigenvalue weighted by Gasteiger charge is 1.99. The Labute approximate surface area is 78.6 Å². The number of rotatable bonds is 5. The van der Waals surface area contributed by atoms with Gasteiger partial charge in [0, 0.05) is 13.7 Å². The molecule has 3 nitrogen and oxygen atoms in total. The van der Waals surface area contributed by atoms with Crippen molar-refractivity contribution < 1.29 is 9.57 Å². The van der Waals surface area contributed by atoms with Crippen molar-refractivity contribution in [2.75, 3.05) is 14.2 Å². The Morgan fingerprint density at radius 3 is 2.46 bits per heavy atom. The average Bonchev–Trinajstić information content (AvgIpc) is 2.17. The second-order valence-corrected chi connectivity index (χ2v) is 2.73. The van der Waals surface area contributed by atoms with E-state index in [1.165, 1.54) is 11.1 Å². The molecule has 0 saturated heterocycles. The summed E-state index contributed by atoms with van der Waals surface area (Å²) >= 11 is 0. The van der Waals surface area contributed by atoms with Gasteiger partial charge in [-0.05, 0) is 11.1 Å². The number of hydrogen-bond acceptors (Lipinski definition) is 3. The van der Waals surface area contributed by atoms with Gasteiger partial charge >= 0.3 is 0 Å². The largest absolute Gasteiger partial charge is 0.380 e. The fourth-order valence-corrected chi connectivity index (χ4v) is 1.18. The first-order chi connectivity index (χ1) is 6.38. The van der Waals surface area contributed by atoms with Crippen LogP contribution in [0.4, 0.5) is 0 Å². The van der Waals surface area contributed by atoms with E-state index in [1.54, 1.807) is 14.2 Å². The first-order valence-electron chi connectivity index (χ1n) is 4.20. The molecule has 0 aliphatic carbocycles. The summed E-state index contributed by atoms with van der Waals surface area (Å²) in [6.07, 6.45) is 0. The second kappa shape index (κ2) is 5.70. The molecule has 0 unspecified atom stereocenters. The number of nitrogens with one attached hydrogen (secondary N) is 1. The summed E-state index contributed by atoms with van der Waals surface area (Å²) in [6.45, 7) is 1.34. The van der Waals surface area contributed by atoms with Crippen molar-refractivity contribution in [3.8, 4) is 0 Å². The minimum atomic E-state index is 0.640. The van der Waals surface area contributed by atoms with Gasteiger partial charge in [-0.15, -0.1) is 0 Å². The standard InChI is InChI=1S/C10H15NO2/c1-12-8-10-6-4-3-5-9(10)7-11-13-2/h3-6,11H,7-8H2,1-2H3. The first kappa shape index (κ1) is 10.2. The third-order valence-electron chi connectivity index (χ3n) is 1.83. The van der Waals surface area contributed by atoms with Crippen LogP contribution in [-0.2, 0) is 22.7 Å². The van der Waals surface area contributed by atoms with E-state index < -0.39 is 0 Å². The molecule has 0 spiro atoms. The summed E-state index contributed by atoms with van der Waals surface area (Å²) in [5.41, 5.74) is 5.20. The van der Waals surface area contributed by atoms with Crippen LogP contribution in [0.15, 0.2) is 24.3 Å². The zero-order valence-corrected chi connectivity index (χ0v) is 8.04. The molecule has 0 aliphatic rings. The predicted molar refractivity (Wildman–Crippen MR) is 51.0 cm³/mol.